The predicted octanol–water partition coefficient (Wildman–Crippen LogP) is 5.53. The molecule has 2 atom stereocenters. The zero-order valence-corrected chi connectivity index (χ0v) is 16.8. The third-order valence-electron chi connectivity index (χ3n) is 4.22. The number of urea groups is 1. The Hall–Kier alpha value is -2.37. The molecule has 2 aromatic rings. The maximum atomic E-state index is 12.4. The summed E-state index contributed by atoms with van der Waals surface area (Å²) in [5.74, 6) is -0.689. The first kappa shape index (κ1) is 20.9. The van der Waals surface area contributed by atoms with E-state index in [1.165, 1.54) is 0 Å². The number of nitrogens with one attached hydrogen (secondary N) is 2. The SMILES string of the molecule is CC.Cc1ccccc1NC(=O)N[C@H]1COC(C)(C)O[C@H]1c1ccccc1.[HH].[HH]. The van der Waals surface area contributed by atoms with Crippen LogP contribution in [0.3, 0.4) is 0 Å². The Morgan fingerprint density at radius 2 is 1.70 bits per heavy atom. The summed E-state index contributed by atoms with van der Waals surface area (Å²) in [4.78, 5) is 12.4. The molecule has 2 amide bonds. The standard InChI is InChI=1S/C20H24N2O3.C2H6.2H2/c1-14-9-7-8-12-16(14)21-19(23)22-17-13-24-20(2,3)25-18(17)15-10-5-4-6-11-15;1-2;;/h4-12,17-18H,13H2,1-3H3,(H2,21,22,23);1-2H3;2*1H/t17-,18-;;;/m0.../s1. The highest BCUT2D eigenvalue weighted by Gasteiger charge is 2.38. The molecule has 5 heteroatoms. The van der Waals surface area contributed by atoms with Gasteiger partial charge in [-0.3, -0.25) is 0 Å². The molecule has 27 heavy (non-hydrogen) atoms. The molecule has 0 spiro atoms. The van der Waals surface area contributed by atoms with Crippen molar-refractivity contribution in [2.24, 2.45) is 0 Å². The van der Waals surface area contributed by atoms with Gasteiger partial charge in [0.2, 0.25) is 0 Å². The third kappa shape index (κ3) is 5.81. The Labute approximate surface area is 165 Å². The number of ether oxygens (including phenoxy) is 2. The van der Waals surface area contributed by atoms with E-state index in [1.54, 1.807) is 0 Å². The number of hydrogen-bond acceptors (Lipinski definition) is 3. The number of benzene rings is 2. The van der Waals surface area contributed by atoms with E-state index >= 15 is 0 Å². The molecule has 5 nitrogen and oxygen atoms in total. The van der Waals surface area contributed by atoms with Crippen LogP contribution in [0.15, 0.2) is 54.6 Å². The fraction of sp³-hybridized carbons (Fsp3) is 0.409. The number of amides is 2. The number of anilines is 1. The van der Waals surface area contributed by atoms with Crippen LogP contribution in [0.5, 0.6) is 0 Å². The molecule has 1 aliphatic heterocycles. The molecule has 1 fully saturated rings. The van der Waals surface area contributed by atoms with E-state index in [9.17, 15) is 4.79 Å². The normalized spacial score (nSPS) is 20.8. The van der Waals surface area contributed by atoms with E-state index in [1.807, 2.05) is 89.2 Å². The topological polar surface area (TPSA) is 59.6 Å². The lowest BCUT2D eigenvalue weighted by Crippen LogP contribution is -2.52. The molecule has 0 bridgehead atoms. The van der Waals surface area contributed by atoms with Crippen molar-refractivity contribution in [3.05, 3.63) is 65.7 Å². The Morgan fingerprint density at radius 3 is 2.37 bits per heavy atom. The molecule has 0 saturated carbocycles. The molecular weight excluding hydrogens is 340 g/mol. The van der Waals surface area contributed by atoms with E-state index in [0.717, 1.165) is 16.8 Å². The summed E-state index contributed by atoms with van der Waals surface area (Å²) in [6.07, 6.45) is -0.271. The number of aryl methyl sites for hydroxylation is 1. The molecule has 0 radical (unpaired) electrons. The first-order valence-electron chi connectivity index (χ1n) is 9.44. The predicted molar refractivity (Wildman–Crippen MR) is 113 cm³/mol. The van der Waals surface area contributed by atoms with Gasteiger partial charge in [-0.25, -0.2) is 4.79 Å². The van der Waals surface area contributed by atoms with Gasteiger partial charge in [0.25, 0.3) is 0 Å². The molecule has 0 aromatic heterocycles. The lowest BCUT2D eigenvalue weighted by atomic mass is 10.0. The summed E-state index contributed by atoms with van der Waals surface area (Å²) in [7, 11) is 0. The highest BCUT2D eigenvalue weighted by Crippen LogP contribution is 2.33. The largest absolute Gasteiger partial charge is 0.348 e. The average Bonchev–Trinajstić information content (AvgIpc) is 2.67. The quantitative estimate of drug-likeness (QED) is 0.743. The molecule has 150 valence electrons. The lowest BCUT2D eigenvalue weighted by Gasteiger charge is -2.41. The Kier molecular flexibility index (Phi) is 7.39. The summed E-state index contributed by atoms with van der Waals surface area (Å²) < 4.78 is 11.8. The van der Waals surface area contributed by atoms with E-state index in [2.05, 4.69) is 10.6 Å². The van der Waals surface area contributed by atoms with E-state index in [-0.39, 0.29) is 21.0 Å². The number of carbonyl (C=O) groups is 1. The molecular formula is C22H34N2O3. The summed E-state index contributed by atoms with van der Waals surface area (Å²) in [6.45, 7) is 10.1. The first-order valence-corrected chi connectivity index (χ1v) is 9.44. The van der Waals surface area contributed by atoms with Crippen LogP contribution in [0.25, 0.3) is 0 Å². The lowest BCUT2D eigenvalue weighted by molar-refractivity contribution is -0.284. The zero-order chi connectivity index (χ0) is 19.9. The smallest absolute Gasteiger partial charge is 0.319 e. The second-order valence-electron chi connectivity index (χ2n) is 6.68. The van der Waals surface area contributed by atoms with Crippen molar-refractivity contribution in [2.75, 3.05) is 11.9 Å². The summed E-state index contributed by atoms with van der Waals surface area (Å²) in [5.41, 5.74) is 2.81. The van der Waals surface area contributed by atoms with Gasteiger partial charge >= 0.3 is 6.03 Å². The van der Waals surface area contributed by atoms with Gasteiger partial charge in [-0.1, -0.05) is 62.4 Å². The maximum Gasteiger partial charge on any atom is 0.319 e. The van der Waals surface area contributed by atoms with Gasteiger partial charge in [-0.15, -0.1) is 0 Å². The van der Waals surface area contributed by atoms with Crippen LogP contribution >= 0.6 is 0 Å². The van der Waals surface area contributed by atoms with Gasteiger partial charge in [0.15, 0.2) is 5.79 Å². The molecule has 2 aromatic carbocycles. The Balaban J connectivity index is 0.00000190. The monoisotopic (exact) mass is 374 g/mol. The van der Waals surface area contributed by atoms with Crippen molar-refractivity contribution < 1.29 is 17.1 Å². The van der Waals surface area contributed by atoms with E-state index in [0.29, 0.717) is 6.61 Å². The second kappa shape index (κ2) is 9.53. The van der Waals surface area contributed by atoms with Crippen molar-refractivity contribution in [2.45, 2.75) is 52.6 Å². The van der Waals surface area contributed by atoms with Crippen molar-refractivity contribution in [1.29, 1.82) is 0 Å². The number of para-hydroxylation sites is 1. The van der Waals surface area contributed by atoms with Crippen LogP contribution in [0.2, 0.25) is 0 Å². The molecule has 1 saturated heterocycles. The summed E-state index contributed by atoms with van der Waals surface area (Å²) >= 11 is 0. The van der Waals surface area contributed by atoms with E-state index in [4.69, 9.17) is 9.47 Å². The minimum atomic E-state index is -0.689. The Bertz CT molecular complexity index is 742. The van der Waals surface area contributed by atoms with Gasteiger partial charge in [0.1, 0.15) is 6.10 Å². The second-order valence-corrected chi connectivity index (χ2v) is 6.68. The van der Waals surface area contributed by atoms with Crippen LogP contribution in [0.1, 0.15) is 47.8 Å². The first-order chi connectivity index (χ1) is 12.9. The molecule has 0 aliphatic carbocycles. The average molecular weight is 375 g/mol. The number of hydrogen-bond donors (Lipinski definition) is 2. The highest BCUT2D eigenvalue weighted by molar-refractivity contribution is 5.90. The van der Waals surface area contributed by atoms with Crippen LogP contribution in [0, 0.1) is 6.92 Å². The van der Waals surface area contributed by atoms with Crippen LogP contribution in [-0.2, 0) is 9.47 Å². The third-order valence-corrected chi connectivity index (χ3v) is 4.22. The van der Waals surface area contributed by atoms with Gasteiger partial charge in [-0.2, -0.15) is 0 Å². The minimum Gasteiger partial charge on any atom is -0.348 e. The molecule has 2 N–H and O–H groups in total. The summed E-state index contributed by atoms with van der Waals surface area (Å²) in [6, 6.07) is 17.0. The molecule has 3 rings (SSSR count). The Morgan fingerprint density at radius 1 is 1.07 bits per heavy atom. The van der Waals surface area contributed by atoms with Gasteiger partial charge < -0.3 is 20.1 Å². The molecule has 0 unspecified atom stereocenters. The zero-order valence-electron chi connectivity index (χ0n) is 16.8. The van der Waals surface area contributed by atoms with Crippen molar-refractivity contribution in [1.82, 2.24) is 5.32 Å². The van der Waals surface area contributed by atoms with Gasteiger partial charge in [-0.05, 0) is 38.0 Å². The van der Waals surface area contributed by atoms with E-state index < -0.39 is 5.79 Å². The minimum absolute atomic E-state index is 0. The maximum absolute atomic E-state index is 12.4. The highest BCUT2D eigenvalue weighted by atomic mass is 16.7. The molecule has 1 heterocycles. The van der Waals surface area contributed by atoms with Crippen molar-refractivity contribution in [3.63, 3.8) is 0 Å². The van der Waals surface area contributed by atoms with Crippen LogP contribution in [-0.4, -0.2) is 24.5 Å². The fourth-order valence-corrected chi connectivity index (χ4v) is 2.90. The number of rotatable bonds is 3. The van der Waals surface area contributed by atoms with Gasteiger partial charge in [0.05, 0.1) is 12.6 Å². The fourth-order valence-electron chi connectivity index (χ4n) is 2.90. The van der Waals surface area contributed by atoms with Crippen molar-refractivity contribution in [3.8, 4) is 0 Å². The van der Waals surface area contributed by atoms with Crippen LogP contribution in [0.4, 0.5) is 10.5 Å². The van der Waals surface area contributed by atoms with Crippen molar-refractivity contribution >= 4 is 11.7 Å². The van der Waals surface area contributed by atoms with Crippen LogP contribution < -0.4 is 10.6 Å². The van der Waals surface area contributed by atoms with Gasteiger partial charge in [0, 0.05) is 8.54 Å². The summed E-state index contributed by atoms with van der Waals surface area (Å²) in [5, 5.41) is 5.87. The molecule has 1 aliphatic rings. The number of carbonyl (C=O) groups excluding carboxylic acids is 1.